The van der Waals surface area contributed by atoms with E-state index in [1.165, 1.54) is 0 Å². The van der Waals surface area contributed by atoms with Gasteiger partial charge in [0.2, 0.25) is 0 Å². The Kier molecular flexibility index (Phi) is 2.13. The van der Waals surface area contributed by atoms with Crippen LogP contribution in [0.15, 0.2) is 12.2 Å². The molecule has 3 heteroatoms. The van der Waals surface area contributed by atoms with Gasteiger partial charge in [-0.05, 0) is 38.5 Å². The summed E-state index contributed by atoms with van der Waals surface area (Å²) < 4.78 is 19.2. The molecule has 0 aliphatic heterocycles. The molecule has 0 aromatic carbocycles. The molecule has 2 nitrogen and oxygen atoms in total. The molecule has 0 radical (unpaired) electrons. The maximum Gasteiger partial charge on any atom is 0.333 e. The number of ether oxygens (including phenoxy) is 1. The third kappa shape index (κ3) is 1.45. The topological polar surface area (TPSA) is 26.3 Å². The molecule has 78 valence electrons. The van der Waals surface area contributed by atoms with Gasteiger partial charge in [0, 0.05) is 5.57 Å². The third-order valence-electron chi connectivity index (χ3n) is 3.32. The first kappa shape index (κ1) is 9.69. The van der Waals surface area contributed by atoms with Crippen molar-refractivity contribution in [2.75, 3.05) is 0 Å². The molecule has 0 aromatic heterocycles. The fourth-order valence-corrected chi connectivity index (χ4v) is 2.52. The fraction of sp³-hybridized carbons (Fsp3) is 0.727. The summed E-state index contributed by atoms with van der Waals surface area (Å²) >= 11 is 0. The summed E-state index contributed by atoms with van der Waals surface area (Å²) in [5.74, 6) is -0.0394. The molecule has 0 aromatic rings. The smallest absolute Gasteiger partial charge is 0.333 e. The molecule has 2 aliphatic rings. The van der Waals surface area contributed by atoms with Gasteiger partial charge in [0.05, 0.1) is 0 Å². The second-order valence-electron chi connectivity index (χ2n) is 4.55. The highest BCUT2D eigenvalue weighted by molar-refractivity contribution is 5.87. The highest BCUT2D eigenvalue weighted by atomic mass is 19.1. The highest BCUT2D eigenvalue weighted by Crippen LogP contribution is 2.51. The third-order valence-corrected chi connectivity index (χ3v) is 3.32. The van der Waals surface area contributed by atoms with Gasteiger partial charge in [0.15, 0.2) is 0 Å². The first-order chi connectivity index (χ1) is 6.51. The Morgan fingerprint density at radius 2 is 2.36 bits per heavy atom. The van der Waals surface area contributed by atoms with Gasteiger partial charge in [0.25, 0.3) is 0 Å². The van der Waals surface area contributed by atoms with E-state index < -0.39 is 17.7 Å². The van der Waals surface area contributed by atoms with E-state index in [1.807, 2.05) is 0 Å². The normalized spacial score (nSPS) is 39.9. The average molecular weight is 198 g/mol. The largest absolute Gasteiger partial charge is 0.456 e. The van der Waals surface area contributed by atoms with Gasteiger partial charge in [-0.2, -0.15) is 0 Å². The molecule has 2 bridgehead atoms. The lowest BCUT2D eigenvalue weighted by atomic mass is 9.95. The number of hydrogen-bond acceptors (Lipinski definition) is 2. The van der Waals surface area contributed by atoms with Crippen molar-refractivity contribution in [2.24, 2.45) is 5.92 Å². The first-order valence-electron chi connectivity index (χ1n) is 5.07. The van der Waals surface area contributed by atoms with E-state index in [1.54, 1.807) is 6.92 Å². The Bertz CT molecular complexity index is 287. The number of hydrogen-bond donors (Lipinski definition) is 0. The SMILES string of the molecule is C=C(C)C(=O)OC1CC2CCC1(F)C2. The molecular weight excluding hydrogens is 183 g/mol. The van der Waals surface area contributed by atoms with E-state index in [0.717, 1.165) is 6.42 Å². The van der Waals surface area contributed by atoms with Crippen LogP contribution in [-0.4, -0.2) is 17.7 Å². The van der Waals surface area contributed by atoms with Crippen molar-refractivity contribution < 1.29 is 13.9 Å². The van der Waals surface area contributed by atoms with Gasteiger partial charge < -0.3 is 4.74 Å². The highest BCUT2D eigenvalue weighted by Gasteiger charge is 2.54. The van der Waals surface area contributed by atoms with Gasteiger partial charge in [-0.25, -0.2) is 9.18 Å². The predicted molar refractivity (Wildman–Crippen MR) is 50.5 cm³/mol. The molecule has 14 heavy (non-hydrogen) atoms. The molecule has 2 rings (SSSR count). The minimum Gasteiger partial charge on any atom is -0.456 e. The zero-order valence-corrected chi connectivity index (χ0v) is 8.38. The quantitative estimate of drug-likeness (QED) is 0.503. The maximum atomic E-state index is 14.1. The van der Waals surface area contributed by atoms with Crippen LogP contribution in [0, 0.1) is 5.92 Å². The second-order valence-corrected chi connectivity index (χ2v) is 4.55. The summed E-state index contributed by atoms with van der Waals surface area (Å²) in [6, 6.07) is 0. The molecule has 0 amide bonds. The number of rotatable bonds is 2. The van der Waals surface area contributed by atoms with Gasteiger partial charge in [0.1, 0.15) is 11.8 Å². The van der Waals surface area contributed by atoms with E-state index in [0.29, 0.717) is 30.8 Å². The Balaban J connectivity index is 2.00. The number of halogens is 1. The van der Waals surface area contributed by atoms with Crippen LogP contribution >= 0.6 is 0 Å². The number of esters is 1. The Hall–Kier alpha value is -0.860. The van der Waals surface area contributed by atoms with E-state index in [4.69, 9.17) is 4.74 Å². The van der Waals surface area contributed by atoms with E-state index in [2.05, 4.69) is 6.58 Å². The van der Waals surface area contributed by atoms with Crippen LogP contribution in [0.3, 0.4) is 0 Å². The summed E-state index contributed by atoms with van der Waals surface area (Å²) in [5.41, 5.74) is -0.896. The van der Waals surface area contributed by atoms with Crippen LogP contribution in [0.5, 0.6) is 0 Å². The predicted octanol–water partition coefficient (Wildman–Crippen LogP) is 2.39. The lowest BCUT2D eigenvalue weighted by Gasteiger charge is -2.27. The summed E-state index contributed by atoms with van der Waals surface area (Å²) in [7, 11) is 0. The van der Waals surface area contributed by atoms with Gasteiger partial charge in [-0.1, -0.05) is 6.58 Å². The summed E-state index contributed by atoms with van der Waals surface area (Å²) in [5, 5.41) is 0. The van der Waals surface area contributed by atoms with Crippen molar-refractivity contribution in [3.8, 4) is 0 Å². The zero-order chi connectivity index (χ0) is 10.3. The monoisotopic (exact) mass is 198 g/mol. The maximum absolute atomic E-state index is 14.1. The van der Waals surface area contributed by atoms with Crippen molar-refractivity contribution in [2.45, 2.75) is 44.4 Å². The molecule has 0 saturated heterocycles. The fourth-order valence-electron chi connectivity index (χ4n) is 2.52. The minimum absolute atomic E-state index is 0.344. The van der Waals surface area contributed by atoms with E-state index in [9.17, 15) is 9.18 Å². The van der Waals surface area contributed by atoms with Crippen molar-refractivity contribution >= 4 is 5.97 Å². The Morgan fingerprint density at radius 3 is 2.79 bits per heavy atom. The summed E-state index contributed by atoms with van der Waals surface area (Å²) in [4.78, 5) is 11.2. The van der Waals surface area contributed by atoms with Crippen molar-refractivity contribution in [1.82, 2.24) is 0 Å². The van der Waals surface area contributed by atoms with E-state index >= 15 is 0 Å². The van der Waals surface area contributed by atoms with Crippen LogP contribution < -0.4 is 0 Å². The second kappa shape index (κ2) is 3.07. The van der Waals surface area contributed by atoms with Crippen LogP contribution in [-0.2, 0) is 9.53 Å². The average Bonchev–Trinajstić information content (AvgIpc) is 2.59. The first-order valence-corrected chi connectivity index (χ1v) is 5.07. The number of carbonyl (C=O) groups excluding carboxylic acids is 1. The molecule has 0 N–H and O–H groups in total. The van der Waals surface area contributed by atoms with Crippen molar-refractivity contribution in [1.29, 1.82) is 0 Å². The van der Waals surface area contributed by atoms with Crippen LogP contribution in [0.2, 0.25) is 0 Å². The lowest BCUT2D eigenvalue weighted by molar-refractivity contribution is -0.151. The molecule has 3 unspecified atom stereocenters. The van der Waals surface area contributed by atoms with Gasteiger partial charge >= 0.3 is 5.97 Å². The molecule has 2 fully saturated rings. The molecule has 2 aliphatic carbocycles. The standard InChI is InChI=1S/C11H15FO2/c1-7(2)10(13)14-9-5-8-3-4-11(9,12)6-8/h8-9H,1,3-6H2,2H3. The molecular formula is C11H15FO2. The lowest BCUT2D eigenvalue weighted by Crippen LogP contribution is -2.36. The minimum atomic E-state index is -1.24. The van der Waals surface area contributed by atoms with Crippen LogP contribution in [0.4, 0.5) is 4.39 Å². The summed E-state index contributed by atoms with van der Waals surface area (Å²) in [6.45, 7) is 5.07. The summed E-state index contributed by atoms with van der Waals surface area (Å²) in [6.07, 6.45) is 2.23. The van der Waals surface area contributed by atoms with Crippen molar-refractivity contribution in [3.63, 3.8) is 0 Å². The Morgan fingerprint density at radius 1 is 1.64 bits per heavy atom. The number of fused-ring (bicyclic) bond motifs is 2. The molecule has 3 atom stereocenters. The number of alkyl halides is 1. The van der Waals surface area contributed by atoms with Gasteiger partial charge in [-0.3, -0.25) is 0 Å². The Labute approximate surface area is 83.1 Å². The molecule has 2 saturated carbocycles. The van der Waals surface area contributed by atoms with Crippen LogP contribution in [0.1, 0.15) is 32.6 Å². The molecule has 0 spiro atoms. The van der Waals surface area contributed by atoms with Crippen LogP contribution in [0.25, 0.3) is 0 Å². The van der Waals surface area contributed by atoms with E-state index in [-0.39, 0.29) is 0 Å². The molecule has 0 heterocycles. The van der Waals surface area contributed by atoms with Crippen molar-refractivity contribution in [3.05, 3.63) is 12.2 Å². The van der Waals surface area contributed by atoms with Gasteiger partial charge in [-0.15, -0.1) is 0 Å². The number of carbonyl (C=O) groups is 1. The zero-order valence-electron chi connectivity index (χ0n) is 8.38.